The normalized spacial score (nSPS) is 20.5. The van der Waals surface area contributed by atoms with E-state index in [0.29, 0.717) is 16.7 Å². The lowest BCUT2D eigenvalue weighted by Gasteiger charge is -2.00. The molecule has 0 spiro atoms. The van der Waals surface area contributed by atoms with E-state index < -0.39 is 6.10 Å². The van der Waals surface area contributed by atoms with Gasteiger partial charge in [-0.25, -0.2) is 0 Å². The standard InChI is InChI=1S/C19H16O3/c1-13(17(20)14-8-4-2-5-9-14)12-16-19(22-16)18(21)15-10-6-3-7-11-15/h2-12,16,19H,1H3/b13-12+/t16-,19+/m0/s1. The highest BCUT2D eigenvalue weighted by molar-refractivity contribution is 6.08. The molecule has 2 aromatic rings. The molecule has 2 atom stereocenters. The number of Topliss-reactive ketones (excluding diaryl/α,β-unsaturated/α-hetero) is 2. The molecule has 0 saturated carbocycles. The van der Waals surface area contributed by atoms with Crippen LogP contribution < -0.4 is 0 Å². The zero-order chi connectivity index (χ0) is 15.5. The van der Waals surface area contributed by atoms with E-state index in [2.05, 4.69) is 0 Å². The summed E-state index contributed by atoms with van der Waals surface area (Å²) in [4.78, 5) is 24.4. The molecule has 1 fully saturated rings. The van der Waals surface area contributed by atoms with Crippen LogP contribution in [0.4, 0.5) is 0 Å². The van der Waals surface area contributed by atoms with Crippen LogP contribution in [-0.2, 0) is 4.74 Å². The van der Waals surface area contributed by atoms with Crippen LogP contribution in [0.25, 0.3) is 0 Å². The van der Waals surface area contributed by atoms with E-state index in [0.717, 1.165) is 0 Å². The highest BCUT2D eigenvalue weighted by atomic mass is 16.6. The Morgan fingerprint density at radius 2 is 1.45 bits per heavy atom. The molecular weight excluding hydrogens is 276 g/mol. The molecular formula is C19H16O3. The minimum Gasteiger partial charge on any atom is -0.356 e. The van der Waals surface area contributed by atoms with Crippen LogP contribution in [0.1, 0.15) is 27.6 Å². The van der Waals surface area contributed by atoms with Crippen molar-refractivity contribution in [1.82, 2.24) is 0 Å². The molecule has 0 aliphatic carbocycles. The molecule has 1 heterocycles. The van der Waals surface area contributed by atoms with E-state index in [4.69, 9.17) is 4.74 Å². The SMILES string of the molecule is C/C(=C\[C@@H]1O[C@H]1C(=O)c1ccccc1)C(=O)c1ccccc1. The predicted molar refractivity (Wildman–Crippen MR) is 84.0 cm³/mol. The zero-order valence-corrected chi connectivity index (χ0v) is 12.2. The minimum absolute atomic E-state index is 0.0398. The third-order valence-electron chi connectivity index (χ3n) is 3.65. The molecule has 3 heteroatoms. The van der Waals surface area contributed by atoms with E-state index in [-0.39, 0.29) is 17.7 Å². The highest BCUT2D eigenvalue weighted by Gasteiger charge is 2.43. The molecule has 0 amide bonds. The first-order valence-electron chi connectivity index (χ1n) is 7.20. The quantitative estimate of drug-likeness (QED) is 0.481. The van der Waals surface area contributed by atoms with Crippen LogP contribution >= 0.6 is 0 Å². The maximum absolute atomic E-state index is 12.2. The predicted octanol–water partition coefficient (Wildman–Crippen LogP) is 3.47. The molecule has 3 rings (SSSR count). The smallest absolute Gasteiger partial charge is 0.194 e. The molecule has 3 nitrogen and oxygen atoms in total. The van der Waals surface area contributed by atoms with Crippen molar-refractivity contribution in [2.75, 3.05) is 0 Å². The minimum atomic E-state index is -0.471. The summed E-state index contributed by atoms with van der Waals surface area (Å²) in [5.41, 5.74) is 1.87. The number of allylic oxidation sites excluding steroid dienone is 1. The van der Waals surface area contributed by atoms with Gasteiger partial charge < -0.3 is 4.74 Å². The van der Waals surface area contributed by atoms with Crippen molar-refractivity contribution < 1.29 is 14.3 Å². The summed E-state index contributed by atoms with van der Waals surface area (Å²) in [6.07, 6.45) is 0.960. The van der Waals surface area contributed by atoms with Crippen molar-refractivity contribution in [2.45, 2.75) is 19.1 Å². The second-order valence-corrected chi connectivity index (χ2v) is 5.30. The van der Waals surface area contributed by atoms with Crippen LogP contribution in [0.3, 0.4) is 0 Å². The molecule has 110 valence electrons. The Kier molecular flexibility index (Phi) is 3.98. The van der Waals surface area contributed by atoms with Gasteiger partial charge in [-0.05, 0) is 18.6 Å². The summed E-state index contributed by atoms with van der Waals surface area (Å²) < 4.78 is 5.41. The van der Waals surface area contributed by atoms with Gasteiger partial charge in [0.25, 0.3) is 0 Å². The van der Waals surface area contributed by atoms with Gasteiger partial charge in [0.05, 0.1) is 0 Å². The topological polar surface area (TPSA) is 46.7 Å². The van der Waals surface area contributed by atoms with Gasteiger partial charge in [0.1, 0.15) is 6.10 Å². The van der Waals surface area contributed by atoms with Gasteiger partial charge in [0, 0.05) is 11.1 Å². The molecule has 0 N–H and O–H groups in total. The number of ketones is 2. The van der Waals surface area contributed by atoms with Crippen LogP contribution in [0, 0.1) is 0 Å². The monoisotopic (exact) mass is 292 g/mol. The summed E-state index contributed by atoms with van der Waals surface area (Å²) >= 11 is 0. The van der Waals surface area contributed by atoms with Crippen molar-refractivity contribution in [3.63, 3.8) is 0 Å². The molecule has 22 heavy (non-hydrogen) atoms. The molecule has 1 aliphatic heterocycles. The number of ether oxygens (including phenoxy) is 1. The second-order valence-electron chi connectivity index (χ2n) is 5.30. The van der Waals surface area contributed by atoms with Crippen LogP contribution in [0.15, 0.2) is 72.3 Å². The number of epoxide rings is 1. The Bertz CT molecular complexity index is 717. The van der Waals surface area contributed by atoms with Crippen LogP contribution in [0.2, 0.25) is 0 Å². The third-order valence-corrected chi connectivity index (χ3v) is 3.65. The Morgan fingerprint density at radius 3 is 2.05 bits per heavy atom. The summed E-state index contributed by atoms with van der Waals surface area (Å²) in [7, 11) is 0. The fourth-order valence-corrected chi connectivity index (χ4v) is 2.37. The summed E-state index contributed by atoms with van der Waals surface area (Å²) in [6.45, 7) is 1.75. The van der Waals surface area contributed by atoms with Gasteiger partial charge in [-0.2, -0.15) is 0 Å². The molecule has 0 radical (unpaired) electrons. The maximum atomic E-state index is 12.2. The lowest BCUT2D eigenvalue weighted by Crippen LogP contribution is -2.10. The van der Waals surface area contributed by atoms with Crippen molar-refractivity contribution in [3.8, 4) is 0 Å². The van der Waals surface area contributed by atoms with E-state index in [1.807, 2.05) is 36.4 Å². The number of carbonyl (C=O) groups excluding carboxylic acids is 2. The molecule has 0 aromatic heterocycles. The summed E-state index contributed by atoms with van der Waals surface area (Å²) in [6, 6.07) is 18.1. The maximum Gasteiger partial charge on any atom is 0.194 e. The fraction of sp³-hybridized carbons (Fsp3) is 0.158. The molecule has 1 saturated heterocycles. The molecule has 0 bridgehead atoms. The van der Waals surface area contributed by atoms with Gasteiger partial charge in [0.2, 0.25) is 0 Å². The number of rotatable bonds is 5. The average Bonchev–Trinajstić information content (AvgIpc) is 3.34. The van der Waals surface area contributed by atoms with Gasteiger partial charge in [-0.15, -0.1) is 0 Å². The number of carbonyl (C=O) groups is 2. The molecule has 2 aromatic carbocycles. The number of benzene rings is 2. The van der Waals surface area contributed by atoms with E-state index >= 15 is 0 Å². The van der Waals surface area contributed by atoms with E-state index in [1.165, 1.54) is 0 Å². The Morgan fingerprint density at radius 1 is 0.909 bits per heavy atom. The van der Waals surface area contributed by atoms with Gasteiger partial charge in [-0.1, -0.05) is 60.7 Å². The lowest BCUT2D eigenvalue weighted by molar-refractivity contribution is 0.0953. The zero-order valence-electron chi connectivity index (χ0n) is 12.2. The van der Waals surface area contributed by atoms with Crippen molar-refractivity contribution in [1.29, 1.82) is 0 Å². The summed E-state index contributed by atoms with van der Waals surface area (Å²) in [5.74, 6) is -0.0798. The van der Waals surface area contributed by atoms with Crippen molar-refractivity contribution in [2.24, 2.45) is 0 Å². The third kappa shape index (κ3) is 3.05. The fourth-order valence-electron chi connectivity index (χ4n) is 2.37. The first-order valence-corrected chi connectivity index (χ1v) is 7.20. The highest BCUT2D eigenvalue weighted by Crippen LogP contribution is 2.28. The van der Waals surface area contributed by atoms with Crippen LogP contribution in [-0.4, -0.2) is 23.8 Å². The largest absolute Gasteiger partial charge is 0.356 e. The van der Waals surface area contributed by atoms with E-state index in [1.54, 1.807) is 37.3 Å². The number of hydrogen-bond donors (Lipinski definition) is 0. The van der Waals surface area contributed by atoms with Gasteiger partial charge in [0.15, 0.2) is 17.7 Å². The number of hydrogen-bond acceptors (Lipinski definition) is 3. The Balaban J connectivity index is 1.67. The van der Waals surface area contributed by atoms with E-state index in [9.17, 15) is 9.59 Å². The molecule has 1 aliphatic rings. The van der Waals surface area contributed by atoms with Gasteiger partial charge in [-0.3, -0.25) is 9.59 Å². The van der Waals surface area contributed by atoms with Crippen molar-refractivity contribution in [3.05, 3.63) is 83.4 Å². The lowest BCUT2D eigenvalue weighted by atomic mass is 10.0. The molecule has 0 unspecified atom stereocenters. The first kappa shape index (κ1) is 14.4. The summed E-state index contributed by atoms with van der Waals surface area (Å²) in [5, 5.41) is 0. The first-order chi connectivity index (χ1) is 10.7. The van der Waals surface area contributed by atoms with Crippen LogP contribution in [0.5, 0.6) is 0 Å². The van der Waals surface area contributed by atoms with Gasteiger partial charge >= 0.3 is 0 Å². The second kappa shape index (κ2) is 6.08. The van der Waals surface area contributed by atoms with Crippen molar-refractivity contribution >= 4 is 11.6 Å². The average molecular weight is 292 g/mol. The Labute approximate surface area is 129 Å². The Hall–Kier alpha value is -2.52.